The van der Waals surface area contributed by atoms with Crippen molar-refractivity contribution < 1.29 is 35.5 Å². The first-order chi connectivity index (χ1) is 29.7. The van der Waals surface area contributed by atoms with Gasteiger partial charge in [0.2, 0.25) is 11.8 Å². The zero-order valence-electron chi connectivity index (χ0n) is 41.8. The van der Waals surface area contributed by atoms with Gasteiger partial charge < -0.3 is 18.9 Å². The Balaban J connectivity index is -0.00000112. The third-order valence-electron chi connectivity index (χ3n) is 12.2. The van der Waals surface area contributed by atoms with Crippen molar-refractivity contribution in [3.8, 4) is 0 Å². The number of amides is 2. The maximum absolute atomic E-state index is 11.9. The van der Waals surface area contributed by atoms with Crippen molar-refractivity contribution in [3.63, 3.8) is 0 Å². The van der Waals surface area contributed by atoms with E-state index in [1.807, 2.05) is 0 Å². The molecule has 0 bridgehead atoms. The molecule has 372 valence electrons. The van der Waals surface area contributed by atoms with Crippen LogP contribution in [0.4, 0.5) is 0 Å². The molecule has 0 aromatic carbocycles. The third kappa shape index (κ3) is 58.1. The van der Waals surface area contributed by atoms with Crippen LogP contribution in [0.2, 0.25) is 0 Å². The van der Waals surface area contributed by atoms with Gasteiger partial charge in [-0.05, 0) is 12.8 Å². The number of hydrogen-bond donors (Lipinski definition) is 0. The fraction of sp³-hybridized carbons (Fsp3) is 0.960. The molecule has 0 radical (unpaired) electrons. The van der Waals surface area contributed by atoms with Crippen LogP contribution in [-0.4, -0.2) is 124 Å². The summed E-state index contributed by atoms with van der Waals surface area (Å²) in [5.41, 5.74) is 0. The number of carbonyl (C=O) groups excluding carboxylic acids is 2. The molecule has 0 aromatic rings. The van der Waals surface area contributed by atoms with Crippen molar-refractivity contribution in [2.45, 2.75) is 271 Å². The zero-order chi connectivity index (χ0) is 46.4. The van der Waals surface area contributed by atoms with E-state index in [4.69, 9.17) is 0 Å². The van der Waals surface area contributed by atoms with E-state index in [9.17, 15) is 35.5 Å². The van der Waals surface area contributed by atoms with Crippen molar-refractivity contribution in [2.75, 3.05) is 38.7 Å². The Morgan fingerprint density at radius 3 is 0.651 bits per heavy atom. The minimum Gasteiger partial charge on any atom is -0.748 e. The van der Waals surface area contributed by atoms with Crippen LogP contribution in [0.15, 0.2) is 0 Å². The first kappa shape index (κ1) is 67.3. The summed E-state index contributed by atoms with van der Waals surface area (Å²) >= 11 is 0. The van der Waals surface area contributed by atoms with Gasteiger partial charge in [-0.3, -0.25) is 9.59 Å². The molecule has 0 saturated heterocycles. The molecule has 0 aliphatic carbocycles. The van der Waals surface area contributed by atoms with Crippen molar-refractivity contribution in [1.29, 1.82) is 0 Å². The molecule has 0 N–H and O–H groups in total. The SMILES string of the molecule is CCCCCCCCCCCCCCCCCCCCCC(=O)N(C)CCS(=O)(=O)[O-].CCCCCCCCCCCCCCCCCCCCCC(=O)N(C)CCS(=O)(=O)[O-].[Ca+2]. The number of nitrogens with zero attached hydrogens (tertiary/aromatic N) is 2. The van der Waals surface area contributed by atoms with Crippen LogP contribution >= 0.6 is 0 Å². The predicted molar refractivity (Wildman–Crippen MR) is 266 cm³/mol. The summed E-state index contributed by atoms with van der Waals surface area (Å²) in [6.07, 6.45) is 51.1. The monoisotopic (exact) mass is 961 g/mol. The van der Waals surface area contributed by atoms with Crippen LogP contribution in [0.1, 0.15) is 271 Å². The molecule has 0 aliphatic heterocycles. The summed E-state index contributed by atoms with van der Waals surface area (Å²) < 4.78 is 63.6. The van der Waals surface area contributed by atoms with Crippen LogP contribution < -0.4 is 0 Å². The van der Waals surface area contributed by atoms with Gasteiger partial charge in [-0.1, -0.05) is 245 Å². The summed E-state index contributed by atoms with van der Waals surface area (Å²) in [5, 5.41) is 0. The fourth-order valence-corrected chi connectivity index (χ4v) is 8.83. The molecule has 63 heavy (non-hydrogen) atoms. The van der Waals surface area contributed by atoms with E-state index in [2.05, 4.69) is 13.8 Å². The smallest absolute Gasteiger partial charge is 0.748 e. The molecule has 0 atom stereocenters. The Morgan fingerprint density at radius 2 is 0.492 bits per heavy atom. The molecule has 0 heterocycles. The third-order valence-corrected chi connectivity index (χ3v) is 13.6. The normalized spacial score (nSPS) is 11.5. The van der Waals surface area contributed by atoms with E-state index < -0.39 is 31.7 Å². The van der Waals surface area contributed by atoms with E-state index in [1.165, 1.54) is 215 Å². The Labute approximate surface area is 421 Å². The maximum atomic E-state index is 11.9. The average Bonchev–Trinajstić information content (AvgIpc) is 3.23. The fourth-order valence-electron chi connectivity index (χ4n) is 7.84. The molecule has 2 amide bonds. The van der Waals surface area contributed by atoms with E-state index >= 15 is 0 Å². The number of hydrogen-bond acceptors (Lipinski definition) is 8. The van der Waals surface area contributed by atoms with Crippen molar-refractivity contribution in [1.82, 2.24) is 9.80 Å². The topological polar surface area (TPSA) is 155 Å². The molecule has 0 aromatic heterocycles. The first-order valence-corrected chi connectivity index (χ1v) is 29.2. The van der Waals surface area contributed by atoms with Gasteiger partial charge in [-0.15, -0.1) is 0 Å². The molecule has 10 nitrogen and oxygen atoms in total. The first-order valence-electron chi connectivity index (χ1n) is 26.1. The Morgan fingerprint density at radius 1 is 0.333 bits per heavy atom. The zero-order valence-corrected chi connectivity index (χ0v) is 45.6. The predicted octanol–water partition coefficient (Wildman–Crippen LogP) is 13.2. The second kappa shape index (κ2) is 49.9. The summed E-state index contributed by atoms with van der Waals surface area (Å²) in [6, 6.07) is 0. The van der Waals surface area contributed by atoms with Gasteiger partial charge in [-0.2, -0.15) is 0 Å². The average molecular weight is 962 g/mol. The quantitative estimate of drug-likeness (QED) is 0.0332. The van der Waals surface area contributed by atoms with Crippen LogP contribution in [0.5, 0.6) is 0 Å². The van der Waals surface area contributed by atoms with Crippen LogP contribution in [-0.2, 0) is 29.8 Å². The van der Waals surface area contributed by atoms with E-state index in [0.717, 1.165) is 38.5 Å². The Kier molecular flexibility index (Phi) is 53.3. The number of carbonyl (C=O) groups is 2. The number of unbranched alkanes of at least 4 members (excludes halogenated alkanes) is 36. The molecule has 13 heteroatoms. The number of rotatable bonds is 46. The molecule has 0 rings (SSSR count). The standard InChI is InChI=1S/2C25H51NO4S.Ca/c2*1-3-4-5-6-7-8-9-10-11-12-13-14-15-16-17-18-19-20-21-22-25(27)26(2)23-24-31(28,29)30;/h2*3-24H2,1-2H3,(H,28,29,30);/q;;+2/p-2. The molecule has 0 unspecified atom stereocenters. The molecule has 0 aliphatic rings. The van der Waals surface area contributed by atoms with Gasteiger partial charge in [0, 0.05) is 40.0 Å². The summed E-state index contributed by atoms with van der Waals surface area (Å²) in [7, 11) is -5.38. The second-order valence-electron chi connectivity index (χ2n) is 18.4. The molecule has 0 saturated carbocycles. The largest absolute Gasteiger partial charge is 2.00 e. The van der Waals surface area contributed by atoms with Crippen molar-refractivity contribution in [2.24, 2.45) is 0 Å². The van der Waals surface area contributed by atoms with Gasteiger partial charge in [0.25, 0.3) is 0 Å². The van der Waals surface area contributed by atoms with Crippen LogP contribution in [0.3, 0.4) is 0 Å². The Hall–Kier alpha value is 0.0197. The van der Waals surface area contributed by atoms with Gasteiger partial charge >= 0.3 is 37.7 Å². The minimum atomic E-state index is -4.25. The second-order valence-corrected chi connectivity index (χ2v) is 21.4. The Bertz CT molecular complexity index is 1110. The van der Waals surface area contributed by atoms with Gasteiger partial charge in [0.1, 0.15) is 0 Å². The van der Waals surface area contributed by atoms with E-state index in [-0.39, 0.29) is 62.6 Å². The molecule has 0 fully saturated rings. The van der Waals surface area contributed by atoms with Gasteiger partial charge in [0.05, 0.1) is 31.7 Å². The molecule has 0 spiro atoms. The minimum absolute atomic E-state index is 0. The summed E-state index contributed by atoms with van der Waals surface area (Å²) in [4.78, 5) is 26.4. The van der Waals surface area contributed by atoms with Gasteiger partial charge in [-0.25, -0.2) is 16.8 Å². The van der Waals surface area contributed by atoms with Crippen LogP contribution in [0.25, 0.3) is 0 Å². The van der Waals surface area contributed by atoms with E-state index in [1.54, 1.807) is 14.1 Å². The molecular weight excluding hydrogens is 861 g/mol. The van der Waals surface area contributed by atoms with Crippen molar-refractivity contribution in [3.05, 3.63) is 0 Å². The van der Waals surface area contributed by atoms with E-state index in [0.29, 0.717) is 12.8 Å². The summed E-state index contributed by atoms with van der Waals surface area (Å²) in [6.45, 7) is 4.53. The van der Waals surface area contributed by atoms with Crippen molar-refractivity contribution >= 4 is 69.8 Å². The van der Waals surface area contributed by atoms with Gasteiger partial charge in [0.15, 0.2) is 0 Å². The van der Waals surface area contributed by atoms with Crippen LogP contribution in [0, 0.1) is 0 Å². The summed E-state index contributed by atoms with van der Waals surface area (Å²) in [5.74, 6) is -1.16. The molecular formula is C50H100CaN2O8S2. The maximum Gasteiger partial charge on any atom is 2.00 e.